The normalized spacial score (nSPS) is 13.1. The third-order valence-electron chi connectivity index (χ3n) is 3.38. The third kappa shape index (κ3) is 2.99. The molecule has 2 aromatic rings. The Morgan fingerprint density at radius 1 is 1.10 bits per heavy atom. The fraction of sp³-hybridized carbons (Fsp3) is 0.353. The summed E-state index contributed by atoms with van der Waals surface area (Å²) < 4.78 is 5.19. The average molecular weight is 271 g/mol. The summed E-state index contributed by atoms with van der Waals surface area (Å²) in [5, 5.41) is 10.5. The summed E-state index contributed by atoms with van der Waals surface area (Å²) >= 11 is 0. The highest BCUT2D eigenvalue weighted by molar-refractivity contribution is 5.37. The zero-order chi connectivity index (χ0) is 14.8. The number of pyridine rings is 1. The molecule has 0 aliphatic rings. The quantitative estimate of drug-likeness (QED) is 0.929. The molecule has 3 heteroatoms. The summed E-state index contributed by atoms with van der Waals surface area (Å²) in [5.74, 6) is 0.458. The van der Waals surface area contributed by atoms with Gasteiger partial charge >= 0.3 is 0 Å². The van der Waals surface area contributed by atoms with Crippen LogP contribution >= 0.6 is 0 Å². The van der Waals surface area contributed by atoms with Crippen molar-refractivity contribution < 1.29 is 9.84 Å². The van der Waals surface area contributed by atoms with Gasteiger partial charge in [-0.25, -0.2) is 4.98 Å². The van der Waals surface area contributed by atoms with Crippen molar-refractivity contribution in [2.75, 3.05) is 7.11 Å². The first kappa shape index (κ1) is 14.5. The van der Waals surface area contributed by atoms with E-state index < -0.39 is 6.10 Å². The molecule has 1 aromatic heterocycles. The topological polar surface area (TPSA) is 42.4 Å². The molecule has 1 N–H and O–H groups in total. The Kier molecular flexibility index (Phi) is 4.09. The van der Waals surface area contributed by atoms with Gasteiger partial charge in [-0.05, 0) is 28.7 Å². The van der Waals surface area contributed by atoms with Gasteiger partial charge in [0.15, 0.2) is 0 Å². The van der Waals surface area contributed by atoms with E-state index in [4.69, 9.17) is 4.74 Å². The van der Waals surface area contributed by atoms with Gasteiger partial charge in [0.1, 0.15) is 6.10 Å². The van der Waals surface area contributed by atoms with E-state index in [2.05, 4.69) is 37.9 Å². The molecule has 0 aliphatic heterocycles. The van der Waals surface area contributed by atoms with Crippen LogP contribution in [0.2, 0.25) is 0 Å². The molecule has 20 heavy (non-hydrogen) atoms. The van der Waals surface area contributed by atoms with Gasteiger partial charge in [-0.15, -0.1) is 0 Å². The standard InChI is InChI=1S/C17H21NO2/c1-17(2,3)13-9-7-12(8-10-13)15(19)14-6-5-11-18-16(14)20-4/h5-11,15,19H,1-4H3. The Hall–Kier alpha value is -1.87. The summed E-state index contributed by atoms with van der Waals surface area (Å²) in [6.07, 6.45) is 0.922. The molecule has 1 atom stereocenters. The molecule has 0 aliphatic carbocycles. The largest absolute Gasteiger partial charge is 0.481 e. The molecule has 1 aromatic carbocycles. The second-order valence-corrected chi connectivity index (χ2v) is 5.88. The number of methoxy groups -OCH3 is 1. The molecule has 0 radical (unpaired) electrons. The number of hydrogen-bond acceptors (Lipinski definition) is 3. The molecule has 3 nitrogen and oxygen atoms in total. The Bertz CT molecular complexity index is 570. The molecule has 106 valence electrons. The van der Waals surface area contributed by atoms with E-state index in [1.807, 2.05) is 18.2 Å². The molecular weight excluding hydrogens is 250 g/mol. The van der Waals surface area contributed by atoms with Crippen molar-refractivity contribution in [3.8, 4) is 5.88 Å². The van der Waals surface area contributed by atoms with Crippen molar-refractivity contribution in [3.63, 3.8) is 0 Å². The number of nitrogens with zero attached hydrogens (tertiary/aromatic N) is 1. The van der Waals surface area contributed by atoms with Crippen LogP contribution in [0, 0.1) is 0 Å². The summed E-state index contributed by atoms with van der Waals surface area (Å²) in [4.78, 5) is 4.12. The minimum atomic E-state index is -0.729. The summed E-state index contributed by atoms with van der Waals surface area (Å²) in [6, 6.07) is 11.6. The number of hydrogen-bond donors (Lipinski definition) is 1. The van der Waals surface area contributed by atoms with Crippen LogP contribution in [-0.4, -0.2) is 17.2 Å². The van der Waals surface area contributed by atoms with Gasteiger partial charge in [0.2, 0.25) is 5.88 Å². The predicted octanol–water partition coefficient (Wildman–Crippen LogP) is 3.47. The molecule has 2 rings (SSSR count). The molecule has 0 amide bonds. The highest BCUT2D eigenvalue weighted by atomic mass is 16.5. The van der Waals surface area contributed by atoms with Gasteiger partial charge in [0, 0.05) is 11.8 Å². The molecule has 1 unspecified atom stereocenters. The van der Waals surface area contributed by atoms with Crippen molar-refractivity contribution in [1.82, 2.24) is 4.98 Å². The average Bonchev–Trinajstić information content (AvgIpc) is 2.45. The zero-order valence-electron chi connectivity index (χ0n) is 12.4. The van der Waals surface area contributed by atoms with E-state index in [0.29, 0.717) is 11.4 Å². The van der Waals surface area contributed by atoms with Crippen molar-refractivity contribution in [3.05, 3.63) is 59.3 Å². The molecular formula is C17H21NO2. The Balaban J connectivity index is 2.32. The van der Waals surface area contributed by atoms with Crippen molar-refractivity contribution >= 4 is 0 Å². The maximum absolute atomic E-state index is 10.5. The maximum atomic E-state index is 10.5. The first-order valence-electron chi connectivity index (χ1n) is 6.71. The Labute approximate surface area is 120 Å². The number of aliphatic hydroxyl groups is 1. The van der Waals surface area contributed by atoms with Gasteiger partial charge in [-0.3, -0.25) is 0 Å². The van der Waals surface area contributed by atoms with Gasteiger partial charge < -0.3 is 9.84 Å². The zero-order valence-corrected chi connectivity index (χ0v) is 12.4. The Morgan fingerprint density at radius 2 is 1.75 bits per heavy atom. The maximum Gasteiger partial charge on any atom is 0.219 e. The van der Waals surface area contributed by atoms with Gasteiger partial charge in [-0.2, -0.15) is 0 Å². The van der Waals surface area contributed by atoms with E-state index >= 15 is 0 Å². The van der Waals surface area contributed by atoms with Crippen molar-refractivity contribution in [2.45, 2.75) is 32.3 Å². The van der Waals surface area contributed by atoms with Crippen molar-refractivity contribution in [1.29, 1.82) is 0 Å². The number of aliphatic hydroxyl groups excluding tert-OH is 1. The lowest BCUT2D eigenvalue weighted by molar-refractivity contribution is 0.213. The number of ether oxygens (including phenoxy) is 1. The molecule has 0 bridgehead atoms. The van der Waals surface area contributed by atoms with Crippen LogP contribution in [0.1, 0.15) is 43.6 Å². The minimum absolute atomic E-state index is 0.107. The number of rotatable bonds is 3. The molecule has 1 heterocycles. The summed E-state index contributed by atoms with van der Waals surface area (Å²) in [7, 11) is 1.56. The van der Waals surface area contributed by atoms with Crippen LogP contribution in [0.4, 0.5) is 0 Å². The minimum Gasteiger partial charge on any atom is -0.481 e. The second-order valence-electron chi connectivity index (χ2n) is 5.88. The van der Waals surface area contributed by atoms with Crippen LogP contribution in [0.5, 0.6) is 5.88 Å². The van der Waals surface area contributed by atoms with Crippen LogP contribution in [0.3, 0.4) is 0 Å². The fourth-order valence-corrected chi connectivity index (χ4v) is 2.13. The lowest BCUT2D eigenvalue weighted by Gasteiger charge is -2.20. The van der Waals surface area contributed by atoms with Crippen LogP contribution in [-0.2, 0) is 5.41 Å². The summed E-state index contributed by atoms with van der Waals surface area (Å²) in [5.41, 5.74) is 2.87. The van der Waals surface area contributed by atoms with Gasteiger partial charge in [0.25, 0.3) is 0 Å². The molecule has 0 fully saturated rings. The van der Waals surface area contributed by atoms with Gasteiger partial charge in [-0.1, -0.05) is 45.0 Å². The van der Waals surface area contributed by atoms with E-state index in [0.717, 1.165) is 5.56 Å². The third-order valence-corrected chi connectivity index (χ3v) is 3.38. The first-order chi connectivity index (χ1) is 9.43. The number of aromatic nitrogens is 1. The lowest BCUT2D eigenvalue weighted by Crippen LogP contribution is -2.11. The molecule has 0 saturated carbocycles. The van der Waals surface area contributed by atoms with E-state index in [1.165, 1.54) is 5.56 Å². The first-order valence-corrected chi connectivity index (χ1v) is 6.71. The second kappa shape index (κ2) is 5.63. The SMILES string of the molecule is COc1ncccc1C(O)c1ccc(C(C)(C)C)cc1. The summed E-state index contributed by atoms with van der Waals surface area (Å²) in [6.45, 7) is 6.51. The predicted molar refractivity (Wildman–Crippen MR) is 80.0 cm³/mol. The van der Waals surface area contributed by atoms with Crippen molar-refractivity contribution in [2.24, 2.45) is 0 Å². The molecule has 0 spiro atoms. The van der Waals surface area contributed by atoms with Gasteiger partial charge in [0.05, 0.1) is 7.11 Å². The fourth-order valence-electron chi connectivity index (χ4n) is 2.13. The lowest BCUT2D eigenvalue weighted by atomic mass is 9.86. The van der Waals surface area contributed by atoms with Crippen LogP contribution < -0.4 is 4.74 Å². The van der Waals surface area contributed by atoms with E-state index in [-0.39, 0.29) is 5.41 Å². The van der Waals surface area contributed by atoms with Crippen LogP contribution in [0.15, 0.2) is 42.6 Å². The monoisotopic (exact) mass is 271 g/mol. The number of benzene rings is 1. The van der Waals surface area contributed by atoms with Crippen LogP contribution in [0.25, 0.3) is 0 Å². The highest BCUT2D eigenvalue weighted by Crippen LogP contribution is 2.30. The smallest absolute Gasteiger partial charge is 0.219 e. The van der Waals surface area contributed by atoms with E-state index in [9.17, 15) is 5.11 Å². The highest BCUT2D eigenvalue weighted by Gasteiger charge is 2.18. The van der Waals surface area contributed by atoms with E-state index in [1.54, 1.807) is 19.4 Å². The molecule has 0 saturated heterocycles. The Morgan fingerprint density at radius 3 is 2.30 bits per heavy atom.